The lowest BCUT2D eigenvalue weighted by Gasteiger charge is -2.22. The molecule has 1 aliphatic rings. The van der Waals surface area contributed by atoms with Crippen molar-refractivity contribution in [2.45, 2.75) is 38.3 Å². The van der Waals surface area contributed by atoms with E-state index >= 15 is 0 Å². The minimum Gasteiger partial charge on any atom is -0.444 e. The van der Waals surface area contributed by atoms with Gasteiger partial charge in [0.2, 0.25) is 5.91 Å². The fourth-order valence-electron chi connectivity index (χ4n) is 4.25. The van der Waals surface area contributed by atoms with Gasteiger partial charge in [0.05, 0.1) is 6.20 Å². The number of carbonyl (C=O) groups is 2. The molecule has 1 atom stereocenters. The van der Waals surface area contributed by atoms with Gasteiger partial charge in [-0.3, -0.25) is 19.1 Å². The Kier molecular flexibility index (Phi) is 6.82. The summed E-state index contributed by atoms with van der Waals surface area (Å²) in [5, 5.41) is 2.88. The highest BCUT2D eigenvalue weighted by Gasteiger charge is 2.43. The van der Waals surface area contributed by atoms with E-state index in [1.54, 1.807) is 12.1 Å². The third kappa shape index (κ3) is 5.01. The summed E-state index contributed by atoms with van der Waals surface area (Å²) in [7, 11) is 0. The van der Waals surface area contributed by atoms with Crippen molar-refractivity contribution in [3.63, 3.8) is 0 Å². The van der Waals surface area contributed by atoms with E-state index in [1.165, 1.54) is 21.7 Å². The summed E-state index contributed by atoms with van der Waals surface area (Å²) in [6.07, 6.45) is 2.58. The Morgan fingerprint density at radius 1 is 1.17 bits per heavy atom. The second kappa shape index (κ2) is 9.97. The van der Waals surface area contributed by atoms with Crippen LogP contribution in [0.5, 0.6) is 0 Å². The number of hydrogen-bond donors (Lipinski definition) is 1. The normalized spacial score (nSPS) is 15.7. The molecule has 2 heterocycles. The number of anilines is 2. The average Bonchev–Trinajstić information content (AvgIpc) is 3.14. The van der Waals surface area contributed by atoms with E-state index in [1.807, 2.05) is 62.4 Å². The second-order valence-corrected chi connectivity index (χ2v) is 9.04. The van der Waals surface area contributed by atoms with Crippen LogP contribution >= 0.6 is 0 Å². The molecule has 0 bridgehead atoms. The molecule has 2 aromatic carbocycles. The van der Waals surface area contributed by atoms with E-state index in [0.717, 1.165) is 5.56 Å². The molecule has 3 aromatic rings. The van der Waals surface area contributed by atoms with E-state index in [2.05, 4.69) is 16.9 Å². The predicted molar refractivity (Wildman–Crippen MR) is 134 cm³/mol. The summed E-state index contributed by atoms with van der Waals surface area (Å²) >= 11 is 0. The monoisotopic (exact) mass is 472 g/mol. The Hall–Kier alpha value is -4.20. The summed E-state index contributed by atoms with van der Waals surface area (Å²) in [4.78, 5) is 45.5. The zero-order valence-electron chi connectivity index (χ0n) is 19.8. The molecule has 2 amide bonds. The van der Waals surface area contributed by atoms with Gasteiger partial charge in [0.1, 0.15) is 24.2 Å². The van der Waals surface area contributed by atoms with E-state index in [-0.39, 0.29) is 24.7 Å². The van der Waals surface area contributed by atoms with Crippen molar-refractivity contribution in [3.05, 3.63) is 101 Å². The number of carbonyl (C=O) groups excluding carboxylic acids is 2. The molecule has 0 saturated carbocycles. The van der Waals surface area contributed by atoms with Crippen LogP contribution < -0.4 is 15.8 Å². The van der Waals surface area contributed by atoms with Crippen LogP contribution in [0.25, 0.3) is 0 Å². The van der Waals surface area contributed by atoms with Crippen LogP contribution in [-0.4, -0.2) is 28.1 Å². The SMILES string of the molecule is C=CCN(C(=O)OCc1ccccc1)c1cnc2n(c1=O)[C@H](C(=O)Nc1ccccc1)CC2(C)C. The van der Waals surface area contributed by atoms with Gasteiger partial charge in [-0.05, 0) is 24.1 Å². The molecule has 0 spiro atoms. The van der Waals surface area contributed by atoms with Crippen molar-refractivity contribution >= 4 is 23.4 Å². The average molecular weight is 473 g/mol. The molecule has 35 heavy (non-hydrogen) atoms. The van der Waals surface area contributed by atoms with Crippen LogP contribution in [0.1, 0.15) is 37.7 Å². The second-order valence-electron chi connectivity index (χ2n) is 9.04. The van der Waals surface area contributed by atoms with Crippen molar-refractivity contribution in [3.8, 4) is 0 Å². The molecule has 180 valence electrons. The Morgan fingerprint density at radius 2 is 1.83 bits per heavy atom. The first kappa shape index (κ1) is 23.9. The Labute approximate surface area is 203 Å². The standard InChI is InChI=1S/C27H28N4O4/c1-4-15-30(26(34)35-18-19-11-7-5-8-12-19)22-17-28-25-27(2,3)16-21(31(25)24(22)33)23(32)29-20-13-9-6-10-14-20/h4-14,17,21H,1,15-16,18H2,2-3H3,(H,29,32)/t21-/m0/s1. The van der Waals surface area contributed by atoms with Gasteiger partial charge in [0.25, 0.3) is 5.56 Å². The van der Waals surface area contributed by atoms with Crippen LogP contribution in [0, 0.1) is 0 Å². The largest absolute Gasteiger partial charge is 0.444 e. The zero-order valence-corrected chi connectivity index (χ0v) is 19.8. The highest BCUT2D eigenvalue weighted by Crippen LogP contribution is 2.39. The van der Waals surface area contributed by atoms with E-state index in [0.29, 0.717) is 17.9 Å². The van der Waals surface area contributed by atoms with E-state index in [4.69, 9.17) is 4.74 Å². The van der Waals surface area contributed by atoms with Crippen LogP contribution in [0.3, 0.4) is 0 Å². The highest BCUT2D eigenvalue weighted by molar-refractivity contribution is 5.94. The maximum absolute atomic E-state index is 13.7. The predicted octanol–water partition coefficient (Wildman–Crippen LogP) is 4.43. The quantitative estimate of drug-likeness (QED) is 0.514. The molecule has 0 aliphatic carbocycles. The molecule has 0 radical (unpaired) electrons. The highest BCUT2D eigenvalue weighted by atomic mass is 16.6. The topological polar surface area (TPSA) is 93.5 Å². The van der Waals surface area contributed by atoms with Crippen LogP contribution in [0.4, 0.5) is 16.2 Å². The zero-order chi connectivity index (χ0) is 25.0. The van der Waals surface area contributed by atoms with Crippen LogP contribution in [0.15, 0.2) is 84.3 Å². The first-order valence-corrected chi connectivity index (χ1v) is 11.4. The number of benzene rings is 2. The number of amides is 2. The van der Waals surface area contributed by atoms with Crippen molar-refractivity contribution in [2.75, 3.05) is 16.8 Å². The number of fused-ring (bicyclic) bond motifs is 1. The fraction of sp³-hybridized carbons (Fsp3) is 0.259. The number of nitrogens with one attached hydrogen (secondary N) is 1. The third-order valence-electron chi connectivity index (χ3n) is 5.97. The maximum Gasteiger partial charge on any atom is 0.415 e. The maximum atomic E-state index is 13.7. The van der Waals surface area contributed by atoms with Crippen LogP contribution in [-0.2, 0) is 21.6 Å². The van der Waals surface area contributed by atoms with Gasteiger partial charge in [-0.25, -0.2) is 9.78 Å². The Morgan fingerprint density at radius 3 is 2.49 bits per heavy atom. The summed E-state index contributed by atoms with van der Waals surface area (Å²) in [5.41, 5.74) is 0.503. The number of nitrogens with zero attached hydrogens (tertiary/aromatic N) is 3. The summed E-state index contributed by atoms with van der Waals surface area (Å²) in [6, 6.07) is 17.6. The van der Waals surface area contributed by atoms with Gasteiger partial charge in [-0.1, -0.05) is 68.5 Å². The smallest absolute Gasteiger partial charge is 0.415 e. The molecule has 0 fully saturated rings. The Bertz CT molecular complexity index is 1290. The van der Waals surface area contributed by atoms with Crippen molar-refractivity contribution in [2.24, 2.45) is 0 Å². The molecule has 1 aromatic heterocycles. The number of hydrogen-bond acceptors (Lipinski definition) is 5. The van der Waals surface area contributed by atoms with Gasteiger partial charge < -0.3 is 10.1 Å². The van der Waals surface area contributed by atoms with Gasteiger partial charge in [0.15, 0.2) is 0 Å². The molecule has 4 rings (SSSR count). The van der Waals surface area contributed by atoms with Gasteiger partial charge in [-0.2, -0.15) is 0 Å². The molecule has 0 saturated heterocycles. The van der Waals surface area contributed by atoms with Crippen molar-refractivity contribution in [1.82, 2.24) is 9.55 Å². The van der Waals surface area contributed by atoms with Crippen molar-refractivity contribution in [1.29, 1.82) is 0 Å². The molecular formula is C27H28N4O4. The fourth-order valence-corrected chi connectivity index (χ4v) is 4.25. The molecule has 8 heteroatoms. The van der Waals surface area contributed by atoms with Crippen molar-refractivity contribution < 1.29 is 14.3 Å². The van der Waals surface area contributed by atoms with Gasteiger partial charge >= 0.3 is 6.09 Å². The molecule has 8 nitrogen and oxygen atoms in total. The Balaban J connectivity index is 1.65. The third-order valence-corrected chi connectivity index (χ3v) is 5.97. The molecular weight excluding hydrogens is 444 g/mol. The number of rotatable bonds is 7. The first-order valence-electron chi connectivity index (χ1n) is 11.4. The summed E-state index contributed by atoms with van der Waals surface area (Å²) < 4.78 is 6.85. The number of aromatic nitrogens is 2. The molecule has 0 unspecified atom stereocenters. The minimum atomic E-state index is -0.772. The van der Waals surface area contributed by atoms with E-state index < -0.39 is 23.1 Å². The number of para-hydroxylation sites is 1. The summed E-state index contributed by atoms with van der Waals surface area (Å²) in [5.74, 6) is 0.182. The molecule has 1 N–H and O–H groups in total. The van der Waals surface area contributed by atoms with E-state index in [9.17, 15) is 14.4 Å². The van der Waals surface area contributed by atoms with Gasteiger partial charge in [-0.15, -0.1) is 6.58 Å². The summed E-state index contributed by atoms with van der Waals surface area (Å²) in [6.45, 7) is 7.69. The first-order chi connectivity index (χ1) is 16.8. The lowest BCUT2D eigenvalue weighted by atomic mass is 9.89. The van der Waals surface area contributed by atoms with Crippen LogP contribution in [0.2, 0.25) is 0 Å². The lowest BCUT2D eigenvalue weighted by molar-refractivity contribution is -0.119. The van der Waals surface area contributed by atoms with Gasteiger partial charge in [0, 0.05) is 17.6 Å². The minimum absolute atomic E-state index is 0.0296. The lowest BCUT2D eigenvalue weighted by Crippen LogP contribution is -2.40. The number of ether oxygens (including phenoxy) is 1. The molecule has 1 aliphatic heterocycles.